The van der Waals surface area contributed by atoms with Crippen LogP contribution in [0.15, 0.2) is 18.2 Å². The average Bonchev–Trinajstić information content (AvgIpc) is 2.59. The van der Waals surface area contributed by atoms with Gasteiger partial charge in [-0.05, 0) is 19.1 Å². The van der Waals surface area contributed by atoms with Gasteiger partial charge in [-0.25, -0.2) is 9.18 Å². The molecule has 1 aliphatic heterocycles. The second-order valence-corrected chi connectivity index (χ2v) is 5.04. The van der Waals surface area contributed by atoms with E-state index >= 15 is 0 Å². The normalized spacial score (nSPS) is 22.3. The Hall–Kier alpha value is -1.66. The van der Waals surface area contributed by atoms with Gasteiger partial charge in [0.05, 0.1) is 13.2 Å². The fourth-order valence-electron chi connectivity index (χ4n) is 2.16. The van der Waals surface area contributed by atoms with Crippen molar-refractivity contribution in [3.63, 3.8) is 0 Å². The van der Waals surface area contributed by atoms with Crippen LogP contribution in [0.2, 0.25) is 5.02 Å². The molecule has 1 heterocycles. The summed E-state index contributed by atoms with van der Waals surface area (Å²) in [6, 6.07) is 3.19. The van der Waals surface area contributed by atoms with Crippen LogP contribution in [-0.4, -0.2) is 37.1 Å². The Morgan fingerprint density at radius 1 is 1.45 bits per heavy atom. The lowest BCUT2D eigenvalue weighted by molar-refractivity contribution is -0.131. The topological polar surface area (TPSA) is 58.6 Å². The number of methoxy groups -OCH3 is 1. The van der Waals surface area contributed by atoms with Gasteiger partial charge in [-0.15, -0.1) is 0 Å². The molecule has 108 valence electrons. The smallest absolute Gasteiger partial charge is 0.325 e. The number of nitrogens with zero attached hydrogens (tertiary/aromatic N) is 1. The van der Waals surface area contributed by atoms with E-state index in [9.17, 15) is 14.0 Å². The molecule has 0 bridgehead atoms. The lowest BCUT2D eigenvalue weighted by Crippen LogP contribution is -2.41. The molecule has 2 rings (SSSR count). The van der Waals surface area contributed by atoms with Gasteiger partial charge in [0.15, 0.2) is 0 Å². The molecule has 0 aromatic heterocycles. The molecule has 0 saturated carbocycles. The van der Waals surface area contributed by atoms with Crippen LogP contribution >= 0.6 is 11.6 Å². The molecule has 1 N–H and O–H groups in total. The van der Waals surface area contributed by atoms with Crippen molar-refractivity contribution in [1.82, 2.24) is 10.2 Å². The zero-order chi connectivity index (χ0) is 14.9. The quantitative estimate of drug-likeness (QED) is 0.864. The van der Waals surface area contributed by atoms with Crippen LogP contribution in [0.4, 0.5) is 9.18 Å². The molecule has 20 heavy (non-hydrogen) atoms. The van der Waals surface area contributed by atoms with Crippen LogP contribution < -0.4 is 5.32 Å². The van der Waals surface area contributed by atoms with Crippen molar-refractivity contribution in [3.8, 4) is 0 Å². The van der Waals surface area contributed by atoms with E-state index in [1.54, 1.807) is 6.92 Å². The minimum absolute atomic E-state index is 0.0924. The molecule has 0 spiro atoms. The summed E-state index contributed by atoms with van der Waals surface area (Å²) in [5.74, 6) is -0.941. The molecule has 1 aliphatic rings. The molecular formula is C13H14ClFN2O3. The minimum atomic E-state index is -1.30. The maximum Gasteiger partial charge on any atom is 0.325 e. The first kappa shape index (κ1) is 14.7. The maximum absolute atomic E-state index is 13.1. The van der Waals surface area contributed by atoms with Crippen LogP contribution in [0.1, 0.15) is 12.5 Å². The number of carbonyl (C=O) groups is 2. The van der Waals surface area contributed by atoms with E-state index < -0.39 is 23.3 Å². The van der Waals surface area contributed by atoms with Gasteiger partial charge in [0.2, 0.25) is 0 Å². The maximum atomic E-state index is 13.1. The summed E-state index contributed by atoms with van der Waals surface area (Å²) < 4.78 is 18.0. The summed E-state index contributed by atoms with van der Waals surface area (Å²) in [5.41, 5.74) is -0.936. The molecule has 5 nitrogen and oxygen atoms in total. The van der Waals surface area contributed by atoms with Gasteiger partial charge in [-0.1, -0.05) is 17.7 Å². The number of hydrogen-bond donors (Lipinski definition) is 1. The average molecular weight is 301 g/mol. The second-order valence-electron chi connectivity index (χ2n) is 4.63. The van der Waals surface area contributed by atoms with E-state index in [1.165, 1.54) is 19.2 Å². The molecule has 1 fully saturated rings. The lowest BCUT2D eigenvalue weighted by atomic mass is 9.92. The molecule has 3 amide bonds. The van der Waals surface area contributed by atoms with Crippen LogP contribution in [-0.2, 0) is 15.1 Å². The summed E-state index contributed by atoms with van der Waals surface area (Å²) in [6.07, 6.45) is 0. The molecule has 1 aromatic rings. The summed E-state index contributed by atoms with van der Waals surface area (Å²) in [6.45, 7) is 1.93. The van der Waals surface area contributed by atoms with Crippen molar-refractivity contribution in [2.45, 2.75) is 12.5 Å². The Morgan fingerprint density at radius 3 is 2.75 bits per heavy atom. The van der Waals surface area contributed by atoms with Crippen molar-refractivity contribution >= 4 is 23.5 Å². The molecule has 1 aromatic carbocycles. The number of hydrogen-bond acceptors (Lipinski definition) is 3. The van der Waals surface area contributed by atoms with Crippen molar-refractivity contribution in [2.24, 2.45) is 0 Å². The van der Waals surface area contributed by atoms with E-state index in [0.29, 0.717) is 5.56 Å². The number of halogens is 2. The minimum Gasteiger partial charge on any atom is -0.383 e. The molecular weight excluding hydrogens is 287 g/mol. The van der Waals surface area contributed by atoms with E-state index in [1.807, 2.05) is 0 Å². The summed E-state index contributed by atoms with van der Waals surface area (Å²) >= 11 is 5.98. The number of nitrogens with one attached hydrogen (secondary N) is 1. The monoisotopic (exact) mass is 300 g/mol. The van der Waals surface area contributed by atoms with E-state index in [2.05, 4.69) is 5.32 Å². The number of rotatable bonds is 4. The Kier molecular flexibility index (Phi) is 3.96. The lowest BCUT2D eigenvalue weighted by Gasteiger charge is -2.23. The van der Waals surface area contributed by atoms with Gasteiger partial charge in [0.1, 0.15) is 11.4 Å². The number of imide groups is 1. The zero-order valence-corrected chi connectivity index (χ0v) is 11.8. The molecule has 0 aliphatic carbocycles. The van der Waals surface area contributed by atoms with Gasteiger partial charge in [-0.3, -0.25) is 9.69 Å². The van der Waals surface area contributed by atoms with E-state index in [4.69, 9.17) is 16.3 Å². The van der Waals surface area contributed by atoms with Gasteiger partial charge < -0.3 is 10.1 Å². The highest BCUT2D eigenvalue weighted by Crippen LogP contribution is 2.33. The molecule has 7 heteroatoms. The molecule has 0 radical (unpaired) electrons. The number of urea groups is 1. The zero-order valence-electron chi connectivity index (χ0n) is 11.1. The standard InChI is InChI=1S/C13H14ClFN2O3/c1-13(9-4-3-8(15)7-10(9)14)11(18)17(5-6-20-2)12(19)16-13/h3-4,7H,5-6H2,1-2H3,(H,16,19)/t13-/m1/s1. The predicted octanol–water partition coefficient (Wildman–Crippen LogP) is 1.89. The third-order valence-electron chi connectivity index (χ3n) is 3.26. The SMILES string of the molecule is COCCN1C(=O)N[C@](C)(c2ccc(F)cc2Cl)C1=O. The summed E-state index contributed by atoms with van der Waals surface area (Å²) in [7, 11) is 1.48. The molecule has 0 unspecified atom stereocenters. The van der Waals surface area contributed by atoms with Gasteiger partial charge in [-0.2, -0.15) is 0 Å². The predicted molar refractivity (Wildman–Crippen MR) is 70.9 cm³/mol. The van der Waals surface area contributed by atoms with Gasteiger partial charge >= 0.3 is 6.03 Å². The Morgan fingerprint density at radius 2 is 2.15 bits per heavy atom. The molecule has 1 saturated heterocycles. The number of amides is 3. The van der Waals surface area contributed by atoms with Crippen molar-refractivity contribution < 1.29 is 18.7 Å². The van der Waals surface area contributed by atoms with Gasteiger partial charge in [0, 0.05) is 17.7 Å². The van der Waals surface area contributed by atoms with Crippen molar-refractivity contribution in [3.05, 3.63) is 34.6 Å². The van der Waals surface area contributed by atoms with E-state index in [-0.39, 0.29) is 18.2 Å². The first-order valence-corrected chi connectivity index (χ1v) is 6.36. The highest BCUT2D eigenvalue weighted by Gasteiger charge is 2.49. The second kappa shape index (κ2) is 5.38. The highest BCUT2D eigenvalue weighted by molar-refractivity contribution is 6.32. The van der Waals surface area contributed by atoms with Crippen LogP contribution in [0, 0.1) is 5.82 Å². The highest BCUT2D eigenvalue weighted by atomic mass is 35.5. The first-order valence-electron chi connectivity index (χ1n) is 5.98. The first-order chi connectivity index (χ1) is 9.40. The van der Waals surface area contributed by atoms with Gasteiger partial charge in [0.25, 0.3) is 5.91 Å². The van der Waals surface area contributed by atoms with Crippen LogP contribution in [0.5, 0.6) is 0 Å². The fourth-order valence-corrected chi connectivity index (χ4v) is 2.52. The van der Waals surface area contributed by atoms with Crippen molar-refractivity contribution in [1.29, 1.82) is 0 Å². The summed E-state index contributed by atoms with van der Waals surface area (Å²) in [5, 5.41) is 2.68. The number of carbonyl (C=O) groups excluding carboxylic acids is 2. The fraction of sp³-hybridized carbons (Fsp3) is 0.385. The Balaban J connectivity index is 2.35. The van der Waals surface area contributed by atoms with Crippen LogP contribution in [0.3, 0.4) is 0 Å². The van der Waals surface area contributed by atoms with Crippen LogP contribution in [0.25, 0.3) is 0 Å². The number of benzene rings is 1. The van der Waals surface area contributed by atoms with E-state index in [0.717, 1.165) is 11.0 Å². The Labute approximate surface area is 120 Å². The number of ether oxygens (including phenoxy) is 1. The third kappa shape index (κ3) is 2.36. The Bertz CT molecular complexity index is 567. The largest absolute Gasteiger partial charge is 0.383 e. The molecule has 1 atom stereocenters. The summed E-state index contributed by atoms with van der Waals surface area (Å²) in [4.78, 5) is 25.4. The third-order valence-corrected chi connectivity index (χ3v) is 3.58. The van der Waals surface area contributed by atoms with Crippen molar-refractivity contribution in [2.75, 3.05) is 20.3 Å².